The molecule has 0 radical (unpaired) electrons. The number of aliphatic imine (C=N–C) groups is 1. The first-order valence-corrected chi connectivity index (χ1v) is 7.45. The Hall–Kier alpha value is -1.21. The lowest BCUT2D eigenvalue weighted by Crippen LogP contribution is -2.23. The molecule has 5 heteroatoms. The highest BCUT2D eigenvalue weighted by Crippen LogP contribution is 2.22. The number of guanidine groups is 1. The maximum absolute atomic E-state index is 5.88. The van der Waals surface area contributed by atoms with E-state index in [0.29, 0.717) is 17.8 Å². The Morgan fingerprint density at radius 2 is 1.67 bits per heavy atom. The minimum Gasteiger partial charge on any atom is -0.370 e. The Bertz CT molecular complexity index is 546. The number of anilines is 1. The second kappa shape index (κ2) is 9.68. The minimum absolute atomic E-state index is 0. The predicted molar refractivity (Wildman–Crippen MR) is 104 cm³/mol. The van der Waals surface area contributed by atoms with Gasteiger partial charge in [-0.1, -0.05) is 43.3 Å². The van der Waals surface area contributed by atoms with E-state index >= 15 is 0 Å². The zero-order valence-electron chi connectivity index (χ0n) is 11.9. The maximum atomic E-state index is 5.88. The molecule has 0 bridgehead atoms. The summed E-state index contributed by atoms with van der Waals surface area (Å²) >= 11 is 1.80. The van der Waals surface area contributed by atoms with Crippen LogP contribution in [0, 0.1) is 0 Å². The lowest BCUT2D eigenvalue weighted by molar-refractivity contribution is 0.948. The van der Waals surface area contributed by atoms with Crippen molar-refractivity contribution in [2.45, 2.75) is 17.1 Å². The van der Waals surface area contributed by atoms with Crippen LogP contribution in [0.3, 0.4) is 0 Å². The number of rotatable bonds is 5. The van der Waals surface area contributed by atoms with Gasteiger partial charge >= 0.3 is 0 Å². The van der Waals surface area contributed by atoms with Crippen molar-refractivity contribution in [2.75, 3.05) is 11.9 Å². The van der Waals surface area contributed by atoms with E-state index in [1.54, 1.807) is 11.8 Å². The quantitative estimate of drug-likeness (QED) is 0.334. The average molecular weight is 413 g/mol. The molecule has 1 atom stereocenters. The number of hydrogen-bond donors (Lipinski definition) is 2. The Labute approximate surface area is 147 Å². The fraction of sp³-hybridized carbons (Fsp3) is 0.188. The van der Waals surface area contributed by atoms with Crippen LogP contribution in [-0.4, -0.2) is 17.8 Å². The van der Waals surface area contributed by atoms with Crippen molar-refractivity contribution in [3.05, 3.63) is 60.7 Å². The van der Waals surface area contributed by atoms with Crippen LogP contribution in [0.25, 0.3) is 0 Å². The summed E-state index contributed by atoms with van der Waals surface area (Å²) in [6.45, 7) is 2.84. The van der Waals surface area contributed by atoms with E-state index in [0.717, 1.165) is 5.69 Å². The van der Waals surface area contributed by atoms with Gasteiger partial charge in [0, 0.05) is 15.8 Å². The number of hydrogen-bond acceptors (Lipinski definition) is 2. The largest absolute Gasteiger partial charge is 0.370 e. The van der Waals surface area contributed by atoms with Crippen LogP contribution in [0.5, 0.6) is 0 Å². The Balaban J connectivity index is 0.00000220. The molecule has 0 amide bonds. The van der Waals surface area contributed by atoms with Gasteiger partial charge in [0.1, 0.15) is 0 Å². The molecule has 0 spiro atoms. The highest BCUT2D eigenvalue weighted by Gasteiger charge is 2.03. The molecule has 0 aliphatic carbocycles. The van der Waals surface area contributed by atoms with E-state index in [-0.39, 0.29) is 24.0 Å². The van der Waals surface area contributed by atoms with Crippen LogP contribution in [0.1, 0.15) is 6.92 Å². The molecular formula is C16H20IN3S. The van der Waals surface area contributed by atoms with Crippen LogP contribution in [0.2, 0.25) is 0 Å². The highest BCUT2D eigenvalue weighted by molar-refractivity contribution is 14.0. The first-order chi connectivity index (χ1) is 9.74. The molecule has 1 unspecified atom stereocenters. The number of benzene rings is 2. The van der Waals surface area contributed by atoms with Gasteiger partial charge in [0.2, 0.25) is 0 Å². The summed E-state index contributed by atoms with van der Waals surface area (Å²) in [6, 6.07) is 20.1. The van der Waals surface area contributed by atoms with Crippen LogP contribution in [0.4, 0.5) is 5.69 Å². The third-order valence-electron chi connectivity index (χ3n) is 2.65. The van der Waals surface area contributed by atoms with Crippen LogP contribution >= 0.6 is 35.7 Å². The second-order valence-corrected chi connectivity index (χ2v) is 5.97. The number of halogens is 1. The molecule has 0 saturated carbocycles. The molecule has 21 heavy (non-hydrogen) atoms. The van der Waals surface area contributed by atoms with Crippen LogP contribution in [0.15, 0.2) is 70.6 Å². The van der Waals surface area contributed by atoms with E-state index in [1.165, 1.54) is 4.90 Å². The second-order valence-electron chi connectivity index (χ2n) is 4.46. The molecule has 3 N–H and O–H groups in total. The summed E-state index contributed by atoms with van der Waals surface area (Å²) in [4.78, 5) is 5.63. The van der Waals surface area contributed by atoms with Gasteiger partial charge in [-0.25, -0.2) is 0 Å². The number of para-hydroxylation sites is 1. The van der Waals surface area contributed by atoms with Gasteiger partial charge in [-0.3, -0.25) is 4.99 Å². The molecular weight excluding hydrogens is 393 g/mol. The highest BCUT2D eigenvalue weighted by atomic mass is 127. The molecule has 2 aromatic carbocycles. The summed E-state index contributed by atoms with van der Waals surface area (Å²) < 4.78 is 0. The number of thioether (sulfide) groups is 1. The Kier molecular flexibility index (Phi) is 8.22. The van der Waals surface area contributed by atoms with Gasteiger partial charge in [0.25, 0.3) is 0 Å². The summed E-state index contributed by atoms with van der Waals surface area (Å²) in [5.41, 5.74) is 6.83. The predicted octanol–water partition coefficient (Wildman–Crippen LogP) is 4.21. The van der Waals surface area contributed by atoms with Crippen molar-refractivity contribution >= 4 is 47.4 Å². The van der Waals surface area contributed by atoms with Gasteiger partial charge in [-0.2, -0.15) is 0 Å². The lowest BCUT2D eigenvalue weighted by atomic mass is 10.3. The molecule has 112 valence electrons. The molecule has 0 aliphatic heterocycles. The summed E-state index contributed by atoms with van der Waals surface area (Å²) in [5, 5.41) is 3.46. The SMILES string of the molecule is CC(CN=C(N)Nc1ccccc1)Sc1ccccc1.I. The van der Waals surface area contributed by atoms with Gasteiger partial charge in [-0.15, -0.1) is 35.7 Å². The van der Waals surface area contributed by atoms with Crippen molar-refractivity contribution in [1.82, 2.24) is 0 Å². The van der Waals surface area contributed by atoms with Crippen molar-refractivity contribution < 1.29 is 0 Å². The minimum atomic E-state index is 0. The normalized spacial score (nSPS) is 12.3. The van der Waals surface area contributed by atoms with E-state index in [9.17, 15) is 0 Å². The summed E-state index contributed by atoms with van der Waals surface area (Å²) in [7, 11) is 0. The van der Waals surface area contributed by atoms with Gasteiger partial charge in [0.05, 0.1) is 6.54 Å². The third-order valence-corrected chi connectivity index (χ3v) is 3.74. The lowest BCUT2D eigenvalue weighted by Gasteiger charge is -2.10. The average Bonchev–Trinajstić information content (AvgIpc) is 2.47. The third kappa shape index (κ3) is 6.86. The van der Waals surface area contributed by atoms with E-state index < -0.39 is 0 Å². The Morgan fingerprint density at radius 3 is 2.29 bits per heavy atom. The first kappa shape index (κ1) is 17.8. The maximum Gasteiger partial charge on any atom is 0.193 e. The summed E-state index contributed by atoms with van der Waals surface area (Å²) in [5.74, 6) is 0.455. The number of nitrogens with one attached hydrogen (secondary N) is 1. The number of nitrogens with zero attached hydrogens (tertiary/aromatic N) is 1. The molecule has 2 aromatic rings. The molecule has 0 aromatic heterocycles. The molecule has 3 nitrogen and oxygen atoms in total. The molecule has 0 heterocycles. The van der Waals surface area contributed by atoms with E-state index in [4.69, 9.17) is 5.73 Å². The van der Waals surface area contributed by atoms with Gasteiger partial charge < -0.3 is 11.1 Å². The summed E-state index contributed by atoms with van der Waals surface area (Å²) in [6.07, 6.45) is 0. The molecule has 0 fully saturated rings. The fourth-order valence-corrected chi connectivity index (χ4v) is 2.63. The van der Waals surface area contributed by atoms with E-state index in [1.807, 2.05) is 48.5 Å². The monoisotopic (exact) mass is 413 g/mol. The van der Waals surface area contributed by atoms with Crippen molar-refractivity contribution in [2.24, 2.45) is 10.7 Å². The molecule has 0 aliphatic rings. The fourth-order valence-electron chi connectivity index (χ4n) is 1.70. The zero-order chi connectivity index (χ0) is 14.2. The molecule has 0 saturated heterocycles. The Morgan fingerprint density at radius 1 is 1.10 bits per heavy atom. The number of nitrogens with two attached hydrogens (primary N) is 1. The van der Waals surface area contributed by atoms with Crippen molar-refractivity contribution in [1.29, 1.82) is 0 Å². The smallest absolute Gasteiger partial charge is 0.193 e. The zero-order valence-corrected chi connectivity index (χ0v) is 15.0. The van der Waals surface area contributed by atoms with Crippen molar-refractivity contribution in [3.63, 3.8) is 0 Å². The first-order valence-electron chi connectivity index (χ1n) is 6.58. The van der Waals surface area contributed by atoms with Crippen molar-refractivity contribution in [3.8, 4) is 0 Å². The van der Waals surface area contributed by atoms with Gasteiger partial charge in [-0.05, 0) is 24.3 Å². The van der Waals surface area contributed by atoms with Crippen LogP contribution < -0.4 is 11.1 Å². The van der Waals surface area contributed by atoms with E-state index in [2.05, 4.69) is 29.4 Å². The standard InChI is InChI=1S/C16H19N3S.HI/c1-13(20-15-10-6-3-7-11-15)12-18-16(17)19-14-8-4-2-5-9-14;/h2-11,13H,12H2,1H3,(H3,17,18,19);1H. The molecule has 2 rings (SSSR count). The van der Waals surface area contributed by atoms with Gasteiger partial charge in [0.15, 0.2) is 5.96 Å². The van der Waals surface area contributed by atoms with Crippen LogP contribution in [-0.2, 0) is 0 Å². The topological polar surface area (TPSA) is 50.4 Å².